The molecule has 0 spiro atoms. The molecule has 0 radical (unpaired) electrons. The first-order valence-corrected chi connectivity index (χ1v) is 3.57. The van der Waals surface area contributed by atoms with E-state index in [0.29, 0.717) is 11.3 Å². The molecule has 4 nitrogen and oxygen atoms in total. The summed E-state index contributed by atoms with van der Waals surface area (Å²) in [5, 5.41) is 8.57. The Morgan fingerprint density at radius 3 is 2.77 bits per heavy atom. The first kappa shape index (κ1) is 9.07. The van der Waals surface area contributed by atoms with E-state index in [1.165, 1.54) is 25.3 Å². The molecular formula is C9H8N2O2. The van der Waals surface area contributed by atoms with Crippen LogP contribution < -0.4 is 10.5 Å². The zero-order chi connectivity index (χ0) is 9.84. The topological polar surface area (TPSA) is 76.1 Å². The van der Waals surface area contributed by atoms with E-state index in [2.05, 4.69) is 0 Å². The van der Waals surface area contributed by atoms with Gasteiger partial charge in [0.2, 0.25) is 0 Å². The Hall–Kier alpha value is -2.02. The summed E-state index contributed by atoms with van der Waals surface area (Å²) in [5.74, 6) is -0.243. The van der Waals surface area contributed by atoms with E-state index in [1.54, 1.807) is 0 Å². The highest BCUT2D eigenvalue weighted by Crippen LogP contribution is 2.18. The third kappa shape index (κ3) is 1.76. The lowest BCUT2D eigenvalue weighted by Crippen LogP contribution is -2.12. The lowest BCUT2D eigenvalue weighted by molar-refractivity contribution is 0.0997. The first-order chi connectivity index (χ1) is 6.19. The summed E-state index contributed by atoms with van der Waals surface area (Å²) >= 11 is 0. The zero-order valence-corrected chi connectivity index (χ0v) is 7.07. The molecule has 0 fully saturated rings. The van der Waals surface area contributed by atoms with Crippen molar-refractivity contribution in [2.75, 3.05) is 7.11 Å². The van der Waals surface area contributed by atoms with Crippen LogP contribution in [0.15, 0.2) is 18.2 Å². The average molecular weight is 176 g/mol. The van der Waals surface area contributed by atoms with Gasteiger partial charge in [0.05, 0.1) is 24.3 Å². The van der Waals surface area contributed by atoms with Gasteiger partial charge in [0.1, 0.15) is 5.75 Å². The number of hydrogen-bond donors (Lipinski definition) is 1. The SMILES string of the molecule is COc1cc(C#N)ccc1C(N)=O. The van der Waals surface area contributed by atoms with Crippen LogP contribution in [-0.4, -0.2) is 13.0 Å². The van der Waals surface area contributed by atoms with Gasteiger partial charge in [0.15, 0.2) is 0 Å². The molecule has 0 heterocycles. The van der Waals surface area contributed by atoms with E-state index in [0.717, 1.165) is 0 Å². The standard InChI is InChI=1S/C9H8N2O2/c1-13-8-4-6(5-10)2-3-7(8)9(11)12/h2-4H,1H3,(H2,11,12). The van der Waals surface area contributed by atoms with Crippen LogP contribution >= 0.6 is 0 Å². The predicted octanol–water partition coefficient (Wildman–Crippen LogP) is 0.666. The molecule has 2 N–H and O–H groups in total. The molecule has 0 saturated heterocycles. The predicted molar refractivity (Wildman–Crippen MR) is 46.2 cm³/mol. The maximum Gasteiger partial charge on any atom is 0.252 e. The highest BCUT2D eigenvalue weighted by Gasteiger charge is 2.08. The van der Waals surface area contributed by atoms with Crippen molar-refractivity contribution in [3.8, 4) is 11.8 Å². The second-order valence-electron chi connectivity index (χ2n) is 2.39. The Labute approximate surface area is 75.5 Å². The fourth-order valence-corrected chi connectivity index (χ4v) is 0.964. The molecule has 0 aliphatic heterocycles. The minimum absolute atomic E-state index is 0.279. The van der Waals surface area contributed by atoms with Crippen molar-refractivity contribution in [3.63, 3.8) is 0 Å². The molecule has 0 aliphatic rings. The molecule has 1 amide bonds. The molecule has 1 aromatic carbocycles. The van der Waals surface area contributed by atoms with Crippen LogP contribution in [-0.2, 0) is 0 Å². The largest absolute Gasteiger partial charge is 0.496 e. The number of primary amides is 1. The van der Waals surface area contributed by atoms with Crippen molar-refractivity contribution in [2.24, 2.45) is 5.73 Å². The van der Waals surface area contributed by atoms with Gasteiger partial charge in [-0.2, -0.15) is 5.26 Å². The van der Waals surface area contributed by atoms with Crippen molar-refractivity contribution in [1.29, 1.82) is 5.26 Å². The summed E-state index contributed by atoms with van der Waals surface area (Å²) in [6.07, 6.45) is 0. The van der Waals surface area contributed by atoms with Crippen LogP contribution in [0.5, 0.6) is 5.75 Å². The van der Waals surface area contributed by atoms with Crippen LogP contribution in [0.25, 0.3) is 0 Å². The number of methoxy groups -OCH3 is 1. The maximum absolute atomic E-state index is 10.8. The number of hydrogen-bond acceptors (Lipinski definition) is 3. The molecule has 66 valence electrons. The molecule has 1 rings (SSSR count). The van der Waals surface area contributed by atoms with Gasteiger partial charge in [-0.25, -0.2) is 0 Å². The van der Waals surface area contributed by atoms with Gasteiger partial charge in [-0.3, -0.25) is 4.79 Å². The number of amides is 1. The molecule has 13 heavy (non-hydrogen) atoms. The summed E-state index contributed by atoms with van der Waals surface area (Å²) in [7, 11) is 1.42. The van der Waals surface area contributed by atoms with E-state index >= 15 is 0 Å². The van der Waals surface area contributed by atoms with Crippen molar-refractivity contribution < 1.29 is 9.53 Å². The fraction of sp³-hybridized carbons (Fsp3) is 0.111. The summed E-state index contributed by atoms with van der Waals surface area (Å²) in [5.41, 5.74) is 5.79. The summed E-state index contributed by atoms with van der Waals surface area (Å²) in [4.78, 5) is 10.8. The minimum Gasteiger partial charge on any atom is -0.496 e. The molecule has 0 bridgehead atoms. The third-order valence-electron chi connectivity index (χ3n) is 1.60. The van der Waals surface area contributed by atoms with Gasteiger partial charge in [0.25, 0.3) is 5.91 Å². The third-order valence-corrected chi connectivity index (χ3v) is 1.60. The molecular weight excluding hydrogens is 168 g/mol. The zero-order valence-electron chi connectivity index (χ0n) is 7.07. The van der Waals surface area contributed by atoms with Gasteiger partial charge < -0.3 is 10.5 Å². The molecule has 1 aromatic rings. The molecule has 4 heteroatoms. The van der Waals surface area contributed by atoms with Gasteiger partial charge in [-0.1, -0.05) is 0 Å². The second-order valence-corrected chi connectivity index (χ2v) is 2.39. The quantitative estimate of drug-likeness (QED) is 0.719. The van der Waals surface area contributed by atoms with E-state index in [9.17, 15) is 4.79 Å². The van der Waals surface area contributed by atoms with Gasteiger partial charge >= 0.3 is 0 Å². The number of nitrogens with two attached hydrogens (primary N) is 1. The molecule has 0 aliphatic carbocycles. The van der Waals surface area contributed by atoms with Crippen molar-refractivity contribution in [3.05, 3.63) is 29.3 Å². The second kappa shape index (κ2) is 3.59. The van der Waals surface area contributed by atoms with Crippen molar-refractivity contribution >= 4 is 5.91 Å². The number of nitriles is 1. The Kier molecular flexibility index (Phi) is 2.50. The molecule has 0 atom stereocenters. The number of benzene rings is 1. The van der Waals surface area contributed by atoms with E-state index in [1.807, 2.05) is 6.07 Å². The maximum atomic E-state index is 10.8. The Morgan fingerprint density at radius 1 is 1.62 bits per heavy atom. The van der Waals surface area contributed by atoms with Gasteiger partial charge in [-0.15, -0.1) is 0 Å². The lowest BCUT2D eigenvalue weighted by Gasteiger charge is -2.04. The number of carbonyl (C=O) groups excluding carboxylic acids is 1. The Morgan fingerprint density at radius 2 is 2.31 bits per heavy atom. The lowest BCUT2D eigenvalue weighted by atomic mass is 10.1. The highest BCUT2D eigenvalue weighted by atomic mass is 16.5. The van der Waals surface area contributed by atoms with Crippen molar-refractivity contribution in [1.82, 2.24) is 0 Å². The summed E-state index contributed by atoms with van der Waals surface area (Å²) in [6, 6.07) is 6.40. The van der Waals surface area contributed by atoms with Crippen LogP contribution in [0.1, 0.15) is 15.9 Å². The number of rotatable bonds is 2. The van der Waals surface area contributed by atoms with E-state index in [4.69, 9.17) is 15.7 Å². The van der Waals surface area contributed by atoms with Crippen LogP contribution in [0.4, 0.5) is 0 Å². The average Bonchev–Trinajstić information content (AvgIpc) is 2.16. The Bertz CT molecular complexity index is 380. The normalized spacial score (nSPS) is 8.92. The monoisotopic (exact) mass is 176 g/mol. The van der Waals surface area contributed by atoms with Crippen LogP contribution in [0.2, 0.25) is 0 Å². The fourth-order valence-electron chi connectivity index (χ4n) is 0.964. The van der Waals surface area contributed by atoms with Crippen LogP contribution in [0.3, 0.4) is 0 Å². The van der Waals surface area contributed by atoms with Gasteiger partial charge in [-0.05, 0) is 18.2 Å². The summed E-state index contributed by atoms with van der Waals surface area (Å²) in [6.45, 7) is 0. The number of carbonyl (C=O) groups is 1. The smallest absolute Gasteiger partial charge is 0.252 e. The summed E-state index contributed by atoms with van der Waals surface area (Å²) < 4.78 is 4.90. The first-order valence-electron chi connectivity index (χ1n) is 3.57. The highest BCUT2D eigenvalue weighted by molar-refractivity contribution is 5.95. The van der Waals surface area contributed by atoms with E-state index < -0.39 is 5.91 Å². The Balaban J connectivity index is 3.25. The van der Waals surface area contributed by atoms with Gasteiger partial charge in [0, 0.05) is 0 Å². The number of nitrogens with zero attached hydrogens (tertiary/aromatic N) is 1. The molecule has 0 unspecified atom stereocenters. The van der Waals surface area contributed by atoms with E-state index in [-0.39, 0.29) is 5.56 Å². The van der Waals surface area contributed by atoms with Crippen LogP contribution in [0, 0.1) is 11.3 Å². The van der Waals surface area contributed by atoms with Crippen molar-refractivity contribution in [2.45, 2.75) is 0 Å². The minimum atomic E-state index is -0.568. The molecule has 0 aromatic heterocycles. The molecule has 0 saturated carbocycles. The number of ether oxygens (including phenoxy) is 1.